The maximum absolute atomic E-state index is 12.1. The Morgan fingerprint density at radius 1 is 1.30 bits per heavy atom. The summed E-state index contributed by atoms with van der Waals surface area (Å²) in [7, 11) is 0. The van der Waals surface area contributed by atoms with E-state index >= 15 is 0 Å². The maximum atomic E-state index is 12.1. The molecule has 1 amide bonds. The van der Waals surface area contributed by atoms with Gasteiger partial charge >= 0.3 is 0 Å². The van der Waals surface area contributed by atoms with Crippen LogP contribution in [0.2, 0.25) is 0 Å². The minimum absolute atomic E-state index is 0.230. The highest BCUT2D eigenvalue weighted by Crippen LogP contribution is 2.21. The van der Waals surface area contributed by atoms with Gasteiger partial charge in [-0.2, -0.15) is 5.10 Å². The van der Waals surface area contributed by atoms with Gasteiger partial charge in [0.1, 0.15) is 17.2 Å². The number of aromatic amines is 1. The molecule has 1 aromatic carbocycles. The average Bonchev–Trinajstić information content (AvgIpc) is 3.25. The Labute approximate surface area is 133 Å². The Morgan fingerprint density at radius 2 is 2.13 bits per heavy atom. The average molecular weight is 311 g/mol. The fourth-order valence-electron chi connectivity index (χ4n) is 2.15. The molecule has 0 fully saturated rings. The molecule has 0 radical (unpaired) electrons. The van der Waals surface area contributed by atoms with Gasteiger partial charge in [-0.05, 0) is 49.4 Å². The third kappa shape index (κ3) is 3.60. The van der Waals surface area contributed by atoms with Crippen LogP contribution in [-0.4, -0.2) is 22.7 Å². The topological polar surface area (TPSA) is 80.1 Å². The van der Waals surface area contributed by atoms with Crippen molar-refractivity contribution in [3.63, 3.8) is 0 Å². The highest BCUT2D eigenvalue weighted by Gasteiger charge is 2.11. The van der Waals surface area contributed by atoms with Gasteiger partial charge in [0, 0.05) is 5.56 Å². The minimum atomic E-state index is -0.230. The molecule has 0 atom stereocenters. The van der Waals surface area contributed by atoms with E-state index in [0.717, 1.165) is 11.3 Å². The Morgan fingerprint density at radius 3 is 2.83 bits per heavy atom. The molecule has 0 aliphatic heterocycles. The van der Waals surface area contributed by atoms with Gasteiger partial charge in [0.15, 0.2) is 0 Å². The van der Waals surface area contributed by atoms with Gasteiger partial charge in [0.05, 0.1) is 25.1 Å². The van der Waals surface area contributed by atoms with Gasteiger partial charge in [-0.15, -0.1) is 0 Å². The molecule has 6 nitrogen and oxygen atoms in total. The molecule has 0 saturated carbocycles. The van der Waals surface area contributed by atoms with Gasteiger partial charge in [-0.3, -0.25) is 9.89 Å². The Hall–Kier alpha value is -3.02. The van der Waals surface area contributed by atoms with Crippen LogP contribution in [0.4, 0.5) is 0 Å². The molecule has 3 aromatic rings. The summed E-state index contributed by atoms with van der Waals surface area (Å²) in [6.07, 6.45) is 1.57. The Bertz CT molecular complexity index is 761. The summed E-state index contributed by atoms with van der Waals surface area (Å²) in [5, 5.41) is 9.70. The first-order valence-corrected chi connectivity index (χ1v) is 7.35. The van der Waals surface area contributed by atoms with Gasteiger partial charge in [-0.1, -0.05) is 0 Å². The monoisotopic (exact) mass is 311 g/mol. The molecule has 2 aromatic heterocycles. The summed E-state index contributed by atoms with van der Waals surface area (Å²) in [5.74, 6) is 1.28. The molecule has 0 bridgehead atoms. The van der Waals surface area contributed by atoms with E-state index in [1.165, 1.54) is 0 Å². The lowest BCUT2D eigenvalue weighted by molar-refractivity contribution is 0.0943. The van der Waals surface area contributed by atoms with E-state index in [4.69, 9.17) is 9.15 Å². The van der Waals surface area contributed by atoms with Gasteiger partial charge in [0.25, 0.3) is 5.91 Å². The second kappa shape index (κ2) is 6.83. The van der Waals surface area contributed by atoms with Crippen LogP contribution in [0.25, 0.3) is 11.3 Å². The third-order valence-electron chi connectivity index (χ3n) is 3.29. The number of aromatic nitrogens is 2. The molecule has 2 N–H and O–H groups in total. The van der Waals surface area contributed by atoms with Crippen LogP contribution in [0.15, 0.2) is 53.1 Å². The van der Waals surface area contributed by atoms with Crippen LogP contribution in [0.3, 0.4) is 0 Å². The van der Waals surface area contributed by atoms with Gasteiger partial charge < -0.3 is 14.5 Å². The smallest absolute Gasteiger partial charge is 0.269 e. The Balaban J connectivity index is 1.66. The summed E-state index contributed by atoms with van der Waals surface area (Å²) in [4.78, 5) is 12.1. The van der Waals surface area contributed by atoms with E-state index in [-0.39, 0.29) is 5.91 Å². The molecule has 0 saturated heterocycles. The second-order valence-corrected chi connectivity index (χ2v) is 4.89. The summed E-state index contributed by atoms with van der Waals surface area (Å²) in [6.45, 7) is 2.90. The lowest BCUT2D eigenvalue weighted by Gasteiger charge is -2.02. The summed E-state index contributed by atoms with van der Waals surface area (Å²) in [6, 6.07) is 12.9. The van der Waals surface area contributed by atoms with Crippen LogP contribution in [-0.2, 0) is 6.54 Å². The van der Waals surface area contributed by atoms with Crippen molar-refractivity contribution >= 4 is 5.91 Å². The van der Waals surface area contributed by atoms with Crippen molar-refractivity contribution in [1.29, 1.82) is 0 Å². The number of carbonyl (C=O) groups excluding carboxylic acids is 1. The number of nitrogens with zero attached hydrogens (tertiary/aromatic N) is 1. The summed E-state index contributed by atoms with van der Waals surface area (Å²) < 4.78 is 10.6. The Kier molecular flexibility index (Phi) is 4.42. The van der Waals surface area contributed by atoms with Crippen LogP contribution in [0.5, 0.6) is 5.75 Å². The first kappa shape index (κ1) is 14.9. The van der Waals surface area contributed by atoms with Crippen molar-refractivity contribution < 1.29 is 13.9 Å². The number of amides is 1. The number of hydrogen-bond acceptors (Lipinski definition) is 4. The minimum Gasteiger partial charge on any atom is -0.494 e. The summed E-state index contributed by atoms with van der Waals surface area (Å²) in [5.41, 5.74) is 2.02. The third-order valence-corrected chi connectivity index (χ3v) is 3.29. The zero-order chi connectivity index (χ0) is 16.1. The number of H-pyrrole nitrogens is 1. The molecule has 118 valence electrons. The normalized spacial score (nSPS) is 10.5. The van der Waals surface area contributed by atoms with E-state index in [1.54, 1.807) is 24.5 Å². The number of rotatable bonds is 6. The molecule has 23 heavy (non-hydrogen) atoms. The number of carbonyl (C=O) groups is 1. The zero-order valence-electron chi connectivity index (χ0n) is 12.7. The molecule has 3 rings (SSSR count). The number of ether oxygens (including phenoxy) is 1. The van der Waals surface area contributed by atoms with E-state index in [9.17, 15) is 4.79 Å². The van der Waals surface area contributed by atoms with Crippen molar-refractivity contribution in [1.82, 2.24) is 15.5 Å². The van der Waals surface area contributed by atoms with Crippen molar-refractivity contribution in [2.45, 2.75) is 13.5 Å². The fourth-order valence-corrected chi connectivity index (χ4v) is 2.15. The molecule has 2 heterocycles. The predicted octanol–water partition coefficient (Wildman–Crippen LogP) is 3.00. The van der Waals surface area contributed by atoms with Crippen LogP contribution in [0, 0.1) is 0 Å². The van der Waals surface area contributed by atoms with E-state index in [0.29, 0.717) is 30.3 Å². The second-order valence-electron chi connectivity index (χ2n) is 4.89. The summed E-state index contributed by atoms with van der Waals surface area (Å²) >= 11 is 0. The zero-order valence-corrected chi connectivity index (χ0v) is 12.7. The number of benzene rings is 1. The molecule has 6 heteroatoms. The SMILES string of the molecule is CCOc1ccc(-c2cc(C(=O)NCc3ccco3)[nH]n2)cc1. The van der Waals surface area contributed by atoms with Crippen LogP contribution >= 0.6 is 0 Å². The molecule has 0 spiro atoms. The van der Waals surface area contributed by atoms with Crippen molar-refractivity contribution in [2.24, 2.45) is 0 Å². The van der Waals surface area contributed by atoms with Crippen molar-refractivity contribution in [2.75, 3.05) is 6.61 Å². The molecule has 0 unspecified atom stereocenters. The number of furan rings is 1. The largest absolute Gasteiger partial charge is 0.494 e. The van der Waals surface area contributed by atoms with Crippen LogP contribution in [0.1, 0.15) is 23.2 Å². The van der Waals surface area contributed by atoms with E-state index < -0.39 is 0 Å². The first-order chi connectivity index (χ1) is 11.3. The quantitative estimate of drug-likeness (QED) is 0.733. The van der Waals surface area contributed by atoms with Crippen molar-refractivity contribution in [3.8, 4) is 17.0 Å². The van der Waals surface area contributed by atoms with Crippen molar-refractivity contribution in [3.05, 3.63) is 60.2 Å². The van der Waals surface area contributed by atoms with Gasteiger partial charge in [0.2, 0.25) is 0 Å². The molecule has 0 aliphatic rings. The predicted molar refractivity (Wildman–Crippen MR) is 85.1 cm³/mol. The van der Waals surface area contributed by atoms with Crippen LogP contribution < -0.4 is 10.1 Å². The maximum Gasteiger partial charge on any atom is 0.269 e. The number of hydrogen-bond donors (Lipinski definition) is 2. The highest BCUT2D eigenvalue weighted by atomic mass is 16.5. The lowest BCUT2D eigenvalue weighted by atomic mass is 10.1. The highest BCUT2D eigenvalue weighted by molar-refractivity contribution is 5.93. The first-order valence-electron chi connectivity index (χ1n) is 7.35. The van der Waals surface area contributed by atoms with E-state index in [2.05, 4.69) is 15.5 Å². The standard InChI is InChI=1S/C17H17N3O3/c1-2-22-13-7-5-12(6-8-13)15-10-16(20-19-15)17(21)18-11-14-4-3-9-23-14/h3-10H,2,11H2,1H3,(H,18,21)(H,19,20). The molecular formula is C17H17N3O3. The number of nitrogens with one attached hydrogen (secondary N) is 2. The van der Waals surface area contributed by atoms with E-state index in [1.807, 2.05) is 31.2 Å². The molecular weight excluding hydrogens is 294 g/mol. The molecule has 0 aliphatic carbocycles. The van der Waals surface area contributed by atoms with Gasteiger partial charge in [-0.25, -0.2) is 0 Å². The lowest BCUT2D eigenvalue weighted by Crippen LogP contribution is -2.22. The fraction of sp³-hybridized carbons (Fsp3) is 0.176.